The van der Waals surface area contributed by atoms with Crippen LogP contribution in [0.1, 0.15) is 17.9 Å². The van der Waals surface area contributed by atoms with Gasteiger partial charge in [0.25, 0.3) is 0 Å². The van der Waals surface area contributed by atoms with E-state index in [4.69, 9.17) is 9.84 Å². The van der Waals surface area contributed by atoms with E-state index in [-0.39, 0.29) is 25.0 Å². The molecular formula is C13H17NO4. The molecule has 98 valence electrons. The maximum atomic E-state index is 12.0. The van der Waals surface area contributed by atoms with Crippen LogP contribution in [0.3, 0.4) is 0 Å². The summed E-state index contributed by atoms with van der Waals surface area (Å²) in [6, 6.07) is 7.46. The van der Waals surface area contributed by atoms with Gasteiger partial charge >= 0.3 is 0 Å². The third-order valence-electron chi connectivity index (χ3n) is 3.00. The molecule has 2 unspecified atom stereocenters. The van der Waals surface area contributed by atoms with Crippen molar-refractivity contribution in [2.45, 2.75) is 18.4 Å². The van der Waals surface area contributed by atoms with Gasteiger partial charge in [-0.15, -0.1) is 0 Å². The van der Waals surface area contributed by atoms with E-state index in [0.29, 0.717) is 13.0 Å². The summed E-state index contributed by atoms with van der Waals surface area (Å²) in [6.07, 6.45) is -0.290. The van der Waals surface area contributed by atoms with Crippen molar-refractivity contribution in [2.24, 2.45) is 0 Å². The highest BCUT2D eigenvalue weighted by Crippen LogP contribution is 2.33. The van der Waals surface area contributed by atoms with Crippen molar-refractivity contribution in [3.8, 4) is 5.75 Å². The Hall–Kier alpha value is -1.59. The van der Waals surface area contributed by atoms with E-state index in [1.165, 1.54) is 0 Å². The van der Waals surface area contributed by atoms with Gasteiger partial charge in [-0.2, -0.15) is 0 Å². The van der Waals surface area contributed by atoms with Crippen molar-refractivity contribution < 1.29 is 19.7 Å². The lowest BCUT2D eigenvalue weighted by atomic mass is 9.92. The number of carbonyl (C=O) groups excluding carboxylic acids is 1. The molecule has 0 bridgehead atoms. The number of aliphatic hydroxyl groups is 2. The van der Waals surface area contributed by atoms with Gasteiger partial charge in [0.1, 0.15) is 5.75 Å². The number of benzene rings is 1. The van der Waals surface area contributed by atoms with Gasteiger partial charge in [-0.25, -0.2) is 0 Å². The third kappa shape index (κ3) is 2.80. The molecule has 5 heteroatoms. The molecule has 2 rings (SSSR count). The summed E-state index contributed by atoms with van der Waals surface area (Å²) in [5.41, 5.74) is 0.875. The van der Waals surface area contributed by atoms with Crippen molar-refractivity contribution in [2.75, 3.05) is 19.8 Å². The zero-order valence-corrected chi connectivity index (χ0v) is 10.0. The molecule has 18 heavy (non-hydrogen) atoms. The number of rotatable bonds is 4. The van der Waals surface area contributed by atoms with Gasteiger partial charge < -0.3 is 20.3 Å². The summed E-state index contributed by atoms with van der Waals surface area (Å²) in [5, 5.41) is 20.5. The van der Waals surface area contributed by atoms with Gasteiger partial charge in [-0.1, -0.05) is 18.2 Å². The third-order valence-corrected chi connectivity index (χ3v) is 3.00. The first-order valence-electron chi connectivity index (χ1n) is 6.00. The molecule has 0 fully saturated rings. The highest BCUT2D eigenvalue weighted by Gasteiger charge is 2.27. The van der Waals surface area contributed by atoms with Crippen LogP contribution in [-0.2, 0) is 4.79 Å². The standard InChI is InChI=1S/C13H17NO4/c15-8-9(16)7-14-13(17)11-5-6-18-12-4-2-1-3-10(11)12/h1-4,9,11,15-16H,5-8H2,(H,14,17). The van der Waals surface area contributed by atoms with E-state index in [0.717, 1.165) is 11.3 Å². The molecule has 1 aliphatic rings. The number of nitrogens with one attached hydrogen (secondary N) is 1. The monoisotopic (exact) mass is 251 g/mol. The Morgan fingerprint density at radius 3 is 3.06 bits per heavy atom. The second-order valence-corrected chi connectivity index (χ2v) is 4.31. The molecule has 1 aromatic rings. The number of fused-ring (bicyclic) bond motifs is 1. The van der Waals surface area contributed by atoms with E-state index in [1.54, 1.807) is 0 Å². The molecule has 3 N–H and O–H groups in total. The van der Waals surface area contributed by atoms with Crippen LogP contribution in [0.2, 0.25) is 0 Å². The highest BCUT2D eigenvalue weighted by atomic mass is 16.5. The fourth-order valence-corrected chi connectivity index (χ4v) is 2.02. The quantitative estimate of drug-likeness (QED) is 0.705. The van der Waals surface area contributed by atoms with Crippen molar-refractivity contribution in [1.29, 1.82) is 0 Å². The molecule has 0 spiro atoms. The number of hydrogen-bond donors (Lipinski definition) is 3. The number of para-hydroxylation sites is 1. The normalized spacial score (nSPS) is 19.6. The number of ether oxygens (including phenoxy) is 1. The van der Waals surface area contributed by atoms with Crippen molar-refractivity contribution in [3.63, 3.8) is 0 Å². The molecule has 1 aromatic carbocycles. The molecule has 1 amide bonds. The molecule has 5 nitrogen and oxygen atoms in total. The topological polar surface area (TPSA) is 78.8 Å². The number of amides is 1. The predicted molar refractivity (Wildman–Crippen MR) is 65.4 cm³/mol. The Morgan fingerprint density at radius 2 is 2.28 bits per heavy atom. The highest BCUT2D eigenvalue weighted by molar-refractivity contribution is 5.84. The number of hydrogen-bond acceptors (Lipinski definition) is 4. The lowest BCUT2D eigenvalue weighted by molar-refractivity contribution is -0.123. The van der Waals surface area contributed by atoms with E-state index in [2.05, 4.69) is 5.32 Å². The first kappa shape index (κ1) is 12.9. The second kappa shape index (κ2) is 5.84. The second-order valence-electron chi connectivity index (χ2n) is 4.31. The summed E-state index contributed by atoms with van der Waals surface area (Å²) in [4.78, 5) is 12.0. The van der Waals surface area contributed by atoms with Crippen LogP contribution in [0.5, 0.6) is 5.75 Å². The fraction of sp³-hybridized carbons (Fsp3) is 0.462. The number of aliphatic hydroxyl groups excluding tert-OH is 2. The minimum absolute atomic E-state index is 0.0643. The van der Waals surface area contributed by atoms with Crippen molar-refractivity contribution >= 4 is 5.91 Å². The van der Waals surface area contributed by atoms with Gasteiger partial charge in [-0.05, 0) is 12.5 Å². The molecule has 0 radical (unpaired) electrons. The summed E-state index contributed by atoms with van der Waals surface area (Å²) >= 11 is 0. The Balaban J connectivity index is 2.04. The molecule has 2 atom stereocenters. The van der Waals surface area contributed by atoms with Crippen molar-refractivity contribution in [3.05, 3.63) is 29.8 Å². The minimum Gasteiger partial charge on any atom is -0.493 e. The van der Waals surface area contributed by atoms with Crippen LogP contribution in [0.15, 0.2) is 24.3 Å². The molecule has 0 saturated carbocycles. The maximum Gasteiger partial charge on any atom is 0.227 e. The van der Waals surface area contributed by atoms with Crippen LogP contribution in [0.25, 0.3) is 0 Å². The van der Waals surface area contributed by atoms with E-state index >= 15 is 0 Å². The maximum absolute atomic E-state index is 12.0. The Bertz CT molecular complexity index is 421. The largest absolute Gasteiger partial charge is 0.493 e. The summed E-state index contributed by atoms with van der Waals surface area (Å²) in [6.45, 7) is 0.219. The molecule has 0 aromatic heterocycles. The molecular weight excluding hydrogens is 234 g/mol. The number of carbonyl (C=O) groups is 1. The molecule has 1 heterocycles. The Kier molecular flexibility index (Phi) is 4.17. The van der Waals surface area contributed by atoms with Gasteiger partial charge in [0.15, 0.2) is 0 Å². The molecule has 0 saturated heterocycles. The zero-order valence-electron chi connectivity index (χ0n) is 10.0. The van der Waals surface area contributed by atoms with Crippen LogP contribution in [0.4, 0.5) is 0 Å². The van der Waals surface area contributed by atoms with E-state index < -0.39 is 6.10 Å². The van der Waals surface area contributed by atoms with Crippen LogP contribution in [-0.4, -0.2) is 42.0 Å². The Labute approximate surface area is 105 Å². The van der Waals surface area contributed by atoms with E-state index in [1.807, 2.05) is 24.3 Å². The molecule has 0 aliphatic carbocycles. The van der Waals surface area contributed by atoms with Crippen LogP contribution >= 0.6 is 0 Å². The summed E-state index contributed by atoms with van der Waals surface area (Å²) < 4.78 is 5.48. The summed E-state index contributed by atoms with van der Waals surface area (Å²) in [7, 11) is 0. The summed E-state index contributed by atoms with van der Waals surface area (Å²) in [5.74, 6) is 0.352. The predicted octanol–water partition coefficient (Wildman–Crippen LogP) is 0.0221. The zero-order chi connectivity index (χ0) is 13.0. The first-order valence-corrected chi connectivity index (χ1v) is 6.00. The van der Waals surface area contributed by atoms with Gasteiger partial charge in [0.05, 0.1) is 25.2 Å². The fourth-order valence-electron chi connectivity index (χ4n) is 2.02. The van der Waals surface area contributed by atoms with Crippen molar-refractivity contribution in [1.82, 2.24) is 5.32 Å². The van der Waals surface area contributed by atoms with Gasteiger partial charge in [0, 0.05) is 12.1 Å². The van der Waals surface area contributed by atoms with Crippen LogP contribution < -0.4 is 10.1 Å². The SMILES string of the molecule is O=C(NCC(O)CO)C1CCOc2ccccc21. The van der Waals surface area contributed by atoms with Gasteiger partial charge in [0.2, 0.25) is 5.91 Å². The Morgan fingerprint density at radius 1 is 1.50 bits per heavy atom. The van der Waals surface area contributed by atoms with Gasteiger partial charge in [-0.3, -0.25) is 4.79 Å². The lowest BCUT2D eigenvalue weighted by Gasteiger charge is -2.25. The molecule has 1 aliphatic heterocycles. The average molecular weight is 251 g/mol. The lowest BCUT2D eigenvalue weighted by Crippen LogP contribution is -2.38. The van der Waals surface area contributed by atoms with E-state index in [9.17, 15) is 9.90 Å². The average Bonchev–Trinajstić information content (AvgIpc) is 2.43. The minimum atomic E-state index is -0.913. The first-order chi connectivity index (χ1) is 8.72. The van der Waals surface area contributed by atoms with Crippen LogP contribution in [0, 0.1) is 0 Å². The smallest absolute Gasteiger partial charge is 0.227 e.